The van der Waals surface area contributed by atoms with Gasteiger partial charge in [-0.05, 0) is 0 Å². The Morgan fingerprint density at radius 1 is 1.40 bits per heavy atom. The second-order valence-corrected chi connectivity index (χ2v) is 4.25. The lowest BCUT2D eigenvalue weighted by molar-refractivity contribution is 0.0600. The minimum atomic E-state index is -0.923. The van der Waals surface area contributed by atoms with Gasteiger partial charge in [-0.25, -0.2) is 4.79 Å². The van der Waals surface area contributed by atoms with Gasteiger partial charge in [-0.2, -0.15) is 0 Å². The van der Waals surface area contributed by atoms with Crippen molar-refractivity contribution >= 4 is 11.7 Å². The Bertz CT molecular complexity index is 490. The van der Waals surface area contributed by atoms with Crippen LogP contribution in [0.1, 0.15) is 10.4 Å². The van der Waals surface area contributed by atoms with Crippen LogP contribution in [0.25, 0.3) is 0 Å². The number of aliphatic hydroxyl groups is 2. The van der Waals surface area contributed by atoms with E-state index in [2.05, 4.69) is 5.32 Å². The molecule has 0 aliphatic carbocycles. The van der Waals surface area contributed by atoms with E-state index in [9.17, 15) is 9.90 Å². The Balaban J connectivity index is 2.28. The maximum Gasteiger partial charge on any atom is 0.340 e. The van der Waals surface area contributed by atoms with Crippen molar-refractivity contribution in [2.75, 3.05) is 38.8 Å². The SMILES string of the molecule is COC(=O)c1cc2c(cc1NCC(O)CO)OCCO2. The molecule has 7 nitrogen and oxygen atoms in total. The summed E-state index contributed by atoms with van der Waals surface area (Å²) in [5.41, 5.74) is 0.732. The van der Waals surface area contributed by atoms with Crippen molar-refractivity contribution in [3.05, 3.63) is 17.7 Å². The first kappa shape index (κ1) is 14.4. The highest BCUT2D eigenvalue weighted by Crippen LogP contribution is 2.35. The van der Waals surface area contributed by atoms with Crippen molar-refractivity contribution < 1.29 is 29.2 Å². The number of hydrogen-bond acceptors (Lipinski definition) is 7. The molecule has 1 atom stereocenters. The van der Waals surface area contributed by atoms with Crippen molar-refractivity contribution in [2.45, 2.75) is 6.10 Å². The van der Waals surface area contributed by atoms with Crippen LogP contribution in [0.4, 0.5) is 5.69 Å². The molecule has 1 aromatic rings. The van der Waals surface area contributed by atoms with Gasteiger partial charge in [-0.15, -0.1) is 0 Å². The highest BCUT2D eigenvalue weighted by molar-refractivity contribution is 5.96. The molecule has 0 radical (unpaired) electrons. The molecule has 0 aromatic heterocycles. The molecule has 1 aliphatic heterocycles. The summed E-state index contributed by atoms with van der Waals surface area (Å²) in [4.78, 5) is 11.8. The van der Waals surface area contributed by atoms with Gasteiger partial charge in [-0.3, -0.25) is 0 Å². The minimum absolute atomic E-state index is 0.0974. The van der Waals surface area contributed by atoms with Gasteiger partial charge in [0.15, 0.2) is 11.5 Å². The van der Waals surface area contributed by atoms with Crippen LogP contribution in [0, 0.1) is 0 Å². The molecule has 3 N–H and O–H groups in total. The minimum Gasteiger partial charge on any atom is -0.486 e. The Morgan fingerprint density at radius 2 is 2.05 bits per heavy atom. The van der Waals surface area contributed by atoms with Gasteiger partial charge >= 0.3 is 5.97 Å². The van der Waals surface area contributed by atoms with Crippen LogP contribution in [0.15, 0.2) is 12.1 Å². The molecule has 2 rings (SSSR count). The van der Waals surface area contributed by atoms with Crippen molar-refractivity contribution in [2.24, 2.45) is 0 Å². The third kappa shape index (κ3) is 3.12. The van der Waals surface area contributed by atoms with E-state index in [0.29, 0.717) is 30.4 Å². The molecule has 1 unspecified atom stereocenters. The molecule has 7 heteroatoms. The number of rotatable bonds is 5. The van der Waals surface area contributed by atoms with Gasteiger partial charge in [0.25, 0.3) is 0 Å². The first-order chi connectivity index (χ1) is 9.65. The van der Waals surface area contributed by atoms with Crippen LogP contribution in [-0.2, 0) is 4.74 Å². The van der Waals surface area contributed by atoms with Crippen LogP contribution >= 0.6 is 0 Å². The highest BCUT2D eigenvalue weighted by Gasteiger charge is 2.20. The highest BCUT2D eigenvalue weighted by atomic mass is 16.6. The Kier molecular flexibility index (Phi) is 4.65. The molecule has 0 saturated heterocycles. The van der Waals surface area contributed by atoms with E-state index in [1.807, 2.05) is 0 Å². The number of ether oxygens (including phenoxy) is 3. The van der Waals surface area contributed by atoms with E-state index in [1.54, 1.807) is 6.07 Å². The first-order valence-electron chi connectivity index (χ1n) is 6.20. The zero-order chi connectivity index (χ0) is 14.5. The molecule has 0 bridgehead atoms. The van der Waals surface area contributed by atoms with E-state index in [0.717, 1.165) is 0 Å². The molecule has 1 aliphatic rings. The Morgan fingerprint density at radius 3 is 2.65 bits per heavy atom. The van der Waals surface area contributed by atoms with Crippen molar-refractivity contribution in [3.8, 4) is 11.5 Å². The lowest BCUT2D eigenvalue weighted by atomic mass is 10.1. The third-order valence-corrected chi connectivity index (χ3v) is 2.83. The van der Waals surface area contributed by atoms with E-state index in [1.165, 1.54) is 13.2 Å². The van der Waals surface area contributed by atoms with Crippen LogP contribution in [-0.4, -0.2) is 55.8 Å². The topological polar surface area (TPSA) is 97.3 Å². The van der Waals surface area contributed by atoms with Crippen LogP contribution in [0.5, 0.6) is 11.5 Å². The number of carbonyl (C=O) groups is 1. The molecule has 0 spiro atoms. The van der Waals surface area contributed by atoms with Crippen LogP contribution < -0.4 is 14.8 Å². The maximum absolute atomic E-state index is 11.8. The molecule has 20 heavy (non-hydrogen) atoms. The number of methoxy groups -OCH3 is 1. The smallest absolute Gasteiger partial charge is 0.340 e. The number of carbonyl (C=O) groups excluding carboxylic acids is 1. The molecular formula is C13H17NO6. The number of hydrogen-bond donors (Lipinski definition) is 3. The molecule has 1 heterocycles. The average Bonchev–Trinajstić information content (AvgIpc) is 2.50. The second-order valence-electron chi connectivity index (χ2n) is 4.25. The maximum atomic E-state index is 11.8. The lowest BCUT2D eigenvalue weighted by Crippen LogP contribution is -2.24. The lowest BCUT2D eigenvalue weighted by Gasteiger charge is -2.21. The summed E-state index contributed by atoms with van der Waals surface area (Å²) in [5, 5.41) is 21.0. The number of fused-ring (bicyclic) bond motifs is 1. The van der Waals surface area contributed by atoms with Gasteiger partial charge < -0.3 is 29.7 Å². The summed E-state index contributed by atoms with van der Waals surface area (Å²) >= 11 is 0. The van der Waals surface area contributed by atoms with Gasteiger partial charge in [0.05, 0.1) is 31.1 Å². The Hall–Kier alpha value is -1.99. The molecular weight excluding hydrogens is 266 g/mol. The predicted molar refractivity (Wildman–Crippen MR) is 70.4 cm³/mol. The van der Waals surface area contributed by atoms with Crippen molar-refractivity contribution in [1.82, 2.24) is 0 Å². The number of esters is 1. The largest absolute Gasteiger partial charge is 0.486 e. The summed E-state index contributed by atoms with van der Waals surface area (Å²) in [6.45, 7) is 0.581. The van der Waals surface area contributed by atoms with Crippen LogP contribution in [0.2, 0.25) is 0 Å². The number of anilines is 1. The van der Waals surface area contributed by atoms with Crippen molar-refractivity contribution in [1.29, 1.82) is 0 Å². The van der Waals surface area contributed by atoms with E-state index < -0.39 is 12.1 Å². The normalized spacial score (nSPS) is 14.6. The quantitative estimate of drug-likeness (QED) is 0.655. The predicted octanol–water partition coefficient (Wildman–Crippen LogP) is 0.00950. The number of benzene rings is 1. The zero-order valence-electron chi connectivity index (χ0n) is 11.1. The monoisotopic (exact) mass is 283 g/mol. The number of aliphatic hydroxyl groups excluding tert-OH is 2. The van der Waals surface area contributed by atoms with Gasteiger partial charge in [-0.1, -0.05) is 0 Å². The van der Waals surface area contributed by atoms with Gasteiger partial charge in [0.2, 0.25) is 0 Å². The fourth-order valence-corrected chi connectivity index (χ4v) is 1.81. The fraction of sp³-hybridized carbons (Fsp3) is 0.462. The summed E-state index contributed by atoms with van der Waals surface area (Å²) in [6.07, 6.45) is -0.923. The van der Waals surface area contributed by atoms with E-state index >= 15 is 0 Å². The zero-order valence-corrected chi connectivity index (χ0v) is 11.1. The van der Waals surface area contributed by atoms with Gasteiger partial charge in [0.1, 0.15) is 13.2 Å². The van der Waals surface area contributed by atoms with Crippen LogP contribution in [0.3, 0.4) is 0 Å². The number of nitrogens with one attached hydrogen (secondary N) is 1. The summed E-state index contributed by atoms with van der Waals surface area (Å²) in [7, 11) is 1.28. The summed E-state index contributed by atoms with van der Waals surface area (Å²) in [6, 6.07) is 3.15. The average molecular weight is 283 g/mol. The second kappa shape index (κ2) is 6.44. The standard InChI is InChI=1S/C13H17NO6/c1-18-13(17)9-4-11-12(20-3-2-19-11)5-10(9)14-6-8(16)7-15/h4-5,8,14-16H,2-3,6-7H2,1H3. The van der Waals surface area contributed by atoms with Crippen molar-refractivity contribution in [3.63, 3.8) is 0 Å². The summed E-state index contributed by atoms with van der Waals surface area (Å²) < 4.78 is 15.6. The Labute approximate surface area is 116 Å². The van der Waals surface area contributed by atoms with Gasteiger partial charge in [0, 0.05) is 18.7 Å². The van der Waals surface area contributed by atoms with E-state index in [4.69, 9.17) is 19.3 Å². The molecule has 0 amide bonds. The summed E-state index contributed by atoms with van der Waals surface area (Å²) in [5.74, 6) is 0.470. The van der Waals surface area contributed by atoms with E-state index in [-0.39, 0.29) is 18.7 Å². The molecule has 110 valence electrons. The fourth-order valence-electron chi connectivity index (χ4n) is 1.81. The molecule has 0 saturated carbocycles. The third-order valence-electron chi connectivity index (χ3n) is 2.83. The first-order valence-corrected chi connectivity index (χ1v) is 6.20. The molecule has 0 fully saturated rings. The molecule has 1 aromatic carbocycles.